The van der Waals surface area contributed by atoms with Gasteiger partial charge in [0.05, 0.1) is 19.6 Å². The van der Waals surface area contributed by atoms with Gasteiger partial charge in [0.15, 0.2) is 0 Å². The molecule has 0 fully saturated rings. The zero-order valence-corrected chi connectivity index (χ0v) is 18.9. The Kier molecular flexibility index (Phi) is 8.24. The smallest absolute Gasteiger partial charge is 0.339 e. The molecular weight excluding hydrogens is 418 g/mol. The number of rotatable bonds is 10. The molecule has 170 valence electrons. The van der Waals surface area contributed by atoms with Gasteiger partial charge in [-0.15, -0.1) is 0 Å². The standard InChI is InChI=1S/C27H27NO5/c1-19-8-10-21(11-9-19)16-33-28-15-22-12-13-26(20(2)14-22)32-17-23-6-4-5-7-24(23)25(18-31-3)27(29)30/h4-15,18H,16-17H2,1-3H3,(H,29,30). The number of ether oxygens (including phenoxy) is 2. The summed E-state index contributed by atoms with van der Waals surface area (Å²) in [5, 5.41) is 13.5. The molecule has 6 heteroatoms. The fraction of sp³-hybridized carbons (Fsp3) is 0.185. The Hall–Kier alpha value is -4.06. The van der Waals surface area contributed by atoms with Crippen LogP contribution in [0.3, 0.4) is 0 Å². The fourth-order valence-corrected chi connectivity index (χ4v) is 3.22. The number of carbonyl (C=O) groups is 1. The van der Waals surface area contributed by atoms with Crippen LogP contribution in [-0.4, -0.2) is 24.4 Å². The van der Waals surface area contributed by atoms with Gasteiger partial charge in [-0.25, -0.2) is 4.79 Å². The summed E-state index contributed by atoms with van der Waals surface area (Å²) >= 11 is 0. The topological polar surface area (TPSA) is 77.4 Å². The summed E-state index contributed by atoms with van der Waals surface area (Å²) in [6.45, 7) is 4.62. The normalized spacial score (nSPS) is 11.4. The first-order valence-electron chi connectivity index (χ1n) is 10.5. The lowest BCUT2D eigenvalue weighted by Gasteiger charge is -2.13. The van der Waals surface area contributed by atoms with Crippen LogP contribution < -0.4 is 4.74 Å². The van der Waals surface area contributed by atoms with Crippen LogP contribution in [0.4, 0.5) is 0 Å². The number of hydrogen-bond acceptors (Lipinski definition) is 5. The molecule has 0 aromatic heterocycles. The lowest BCUT2D eigenvalue weighted by molar-refractivity contribution is -0.130. The molecule has 3 aromatic carbocycles. The summed E-state index contributed by atoms with van der Waals surface area (Å²) in [4.78, 5) is 17.0. The molecular formula is C27H27NO5. The number of hydrogen-bond donors (Lipinski definition) is 1. The summed E-state index contributed by atoms with van der Waals surface area (Å²) in [6, 6.07) is 21.0. The van der Waals surface area contributed by atoms with E-state index < -0.39 is 5.97 Å². The number of nitrogens with zero attached hydrogens (tertiary/aromatic N) is 1. The molecule has 0 spiro atoms. The second-order valence-electron chi connectivity index (χ2n) is 7.54. The molecule has 0 unspecified atom stereocenters. The van der Waals surface area contributed by atoms with Crippen molar-refractivity contribution in [2.24, 2.45) is 5.16 Å². The van der Waals surface area contributed by atoms with Gasteiger partial charge < -0.3 is 19.4 Å². The van der Waals surface area contributed by atoms with Crippen molar-refractivity contribution < 1.29 is 24.2 Å². The van der Waals surface area contributed by atoms with Crippen LogP contribution in [-0.2, 0) is 27.6 Å². The SMILES string of the molecule is COC=C(C(=O)O)c1ccccc1COc1ccc(C=NOCc2ccc(C)cc2)cc1C. The zero-order chi connectivity index (χ0) is 23.6. The number of carboxylic acid groups (broad SMARTS) is 1. The maximum absolute atomic E-state index is 11.6. The maximum Gasteiger partial charge on any atom is 0.339 e. The minimum absolute atomic E-state index is 0.0746. The summed E-state index contributed by atoms with van der Waals surface area (Å²) < 4.78 is 10.9. The highest BCUT2D eigenvalue weighted by molar-refractivity contribution is 6.15. The van der Waals surface area contributed by atoms with Crippen LogP contribution in [0.5, 0.6) is 5.75 Å². The second-order valence-corrected chi connectivity index (χ2v) is 7.54. The largest absolute Gasteiger partial charge is 0.503 e. The number of carboxylic acids is 1. The van der Waals surface area contributed by atoms with Gasteiger partial charge in [-0.2, -0.15) is 0 Å². The minimum atomic E-state index is -1.06. The first-order chi connectivity index (χ1) is 16.0. The van der Waals surface area contributed by atoms with Crippen LogP contribution >= 0.6 is 0 Å². The third-order valence-corrected chi connectivity index (χ3v) is 4.98. The van der Waals surface area contributed by atoms with Crippen molar-refractivity contribution in [2.75, 3.05) is 7.11 Å². The molecule has 0 aliphatic carbocycles. The Morgan fingerprint density at radius 2 is 1.76 bits per heavy atom. The Morgan fingerprint density at radius 3 is 2.45 bits per heavy atom. The molecule has 0 aliphatic heterocycles. The highest BCUT2D eigenvalue weighted by Gasteiger charge is 2.15. The van der Waals surface area contributed by atoms with E-state index in [2.05, 4.69) is 5.16 Å². The van der Waals surface area contributed by atoms with Gasteiger partial charge in [0.1, 0.15) is 24.5 Å². The molecule has 0 radical (unpaired) electrons. The van der Waals surface area contributed by atoms with Crippen LogP contribution in [0, 0.1) is 13.8 Å². The van der Waals surface area contributed by atoms with Crippen molar-refractivity contribution in [1.82, 2.24) is 0 Å². The quantitative estimate of drug-likeness (QED) is 0.193. The first-order valence-corrected chi connectivity index (χ1v) is 10.5. The van der Waals surface area contributed by atoms with Crippen molar-refractivity contribution >= 4 is 17.8 Å². The summed E-state index contributed by atoms with van der Waals surface area (Å²) in [5.41, 5.74) is 5.46. The molecule has 33 heavy (non-hydrogen) atoms. The van der Waals surface area contributed by atoms with E-state index in [1.807, 2.05) is 68.4 Å². The lowest BCUT2D eigenvalue weighted by Crippen LogP contribution is -2.06. The summed E-state index contributed by atoms with van der Waals surface area (Å²) in [6.07, 6.45) is 2.89. The van der Waals surface area contributed by atoms with E-state index in [9.17, 15) is 9.90 Å². The van der Waals surface area contributed by atoms with Gasteiger partial charge in [-0.3, -0.25) is 0 Å². The van der Waals surface area contributed by atoms with Gasteiger partial charge in [0, 0.05) is 0 Å². The monoisotopic (exact) mass is 445 g/mol. The predicted molar refractivity (Wildman–Crippen MR) is 128 cm³/mol. The summed E-state index contributed by atoms with van der Waals surface area (Å²) in [5.74, 6) is -0.358. The third-order valence-electron chi connectivity index (χ3n) is 4.98. The molecule has 0 atom stereocenters. The third kappa shape index (κ3) is 6.71. The van der Waals surface area contributed by atoms with E-state index in [1.54, 1.807) is 18.3 Å². The van der Waals surface area contributed by atoms with E-state index in [-0.39, 0.29) is 12.2 Å². The van der Waals surface area contributed by atoms with E-state index in [0.29, 0.717) is 17.9 Å². The number of aryl methyl sites for hydroxylation is 2. The van der Waals surface area contributed by atoms with Gasteiger partial charge in [-0.1, -0.05) is 59.3 Å². The maximum atomic E-state index is 11.6. The Bertz CT molecular complexity index is 1150. The van der Waals surface area contributed by atoms with E-state index in [1.165, 1.54) is 18.9 Å². The van der Waals surface area contributed by atoms with Crippen LogP contribution in [0.25, 0.3) is 5.57 Å². The van der Waals surface area contributed by atoms with Crippen molar-refractivity contribution in [3.8, 4) is 5.75 Å². The summed E-state index contributed by atoms with van der Waals surface area (Å²) in [7, 11) is 1.42. The zero-order valence-electron chi connectivity index (χ0n) is 18.9. The van der Waals surface area contributed by atoms with Crippen molar-refractivity contribution in [3.63, 3.8) is 0 Å². The number of oxime groups is 1. The average molecular weight is 446 g/mol. The van der Waals surface area contributed by atoms with Crippen molar-refractivity contribution in [3.05, 3.63) is 106 Å². The van der Waals surface area contributed by atoms with Gasteiger partial charge in [0.2, 0.25) is 0 Å². The van der Waals surface area contributed by atoms with Gasteiger partial charge in [0.25, 0.3) is 0 Å². The minimum Gasteiger partial charge on any atom is -0.503 e. The van der Waals surface area contributed by atoms with E-state index in [4.69, 9.17) is 14.3 Å². The highest BCUT2D eigenvalue weighted by atomic mass is 16.6. The molecule has 0 saturated carbocycles. The predicted octanol–water partition coefficient (Wildman–Crippen LogP) is 5.51. The molecule has 3 rings (SSSR count). The average Bonchev–Trinajstić information content (AvgIpc) is 2.81. The molecule has 6 nitrogen and oxygen atoms in total. The first kappa shape index (κ1) is 23.6. The number of aliphatic carboxylic acids is 1. The number of methoxy groups -OCH3 is 1. The van der Waals surface area contributed by atoms with Crippen LogP contribution in [0.15, 0.2) is 78.1 Å². The van der Waals surface area contributed by atoms with Crippen molar-refractivity contribution in [2.45, 2.75) is 27.1 Å². The van der Waals surface area contributed by atoms with Crippen LogP contribution in [0.1, 0.15) is 33.4 Å². The Morgan fingerprint density at radius 1 is 1.00 bits per heavy atom. The molecule has 3 aromatic rings. The molecule has 0 bridgehead atoms. The van der Waals surface area contributed by atoms with Crippen molar-refractivity contribution in [1.29, 1.82) is 0 Å². The van der Waals surface area contributed by atoms with Crippen LogP contribution in [0.2, 0.25) is 0 Å². The number of benzene rings is 3. The fourth-order valence-electron chi connectivity index (χ4n) is 3.22. The Labute approximate surface area is 193 Å². The molecule has 1 N–H and O–H groups in total. The second kappa shape index (κ2) is 11.5. The van der Waals surface area contributed by atoms with Gasteiger partial charge in [-0.05, 0) is 59.9 Å². The molecule has 0 heterocycles. The lowest BCUT2D eigenvalue weighted by atomic mass is 10.0. The van der Waals surface area contributed by atoms with E-state index in [0.717, 1.165) is 22.3 Å². The van der Waals surface area contributed by atoms with E-state index >= 15 is 0 Å². The van der Waals surface area contributed by atoms with Gasteiger partial charge >= 0.3 is 5.97 Å². The molecule has 0 amide bonds. The molecule has 0 saturated heterocycles. The molecule has 0 aliphatic rings. The Balaban J connectivity index is 1.63. The highest BCUT2D eigenvalue weighted by Crippen LogP contribution is 2.24.